The highest BCUT2D eigenvalue weighted by molar-refractivity contribution is 5.77. The van der Waals surface area contributed by atoms with E-state index in [9.17, 15) is 13.6 Å². The summed E-state index contributed by atoms with van der Waals surface area (Å²) in [5.41, 5.74) is 2.54. The molecule has 1 N–H and O–H groups in total. The molecule has 1 rings (SSSR count). The van der Waals surface area contributed by atoms with Crippen LogP contribution >= 0.6 is 0 Å². The van der Waals surface area contributed by atoms with Crippen LogP contribution in [0.4, 0.5) is 8.78 Å². The van der Waals surface area contributed by atoms with Crippen molar-refractivity contribution in [1.82, 2.24) is 5.48 Å². The minimum atomic E-state index is -0.976. The largest absolute Gasteiger partial charge is 0.382 e. The van der Waals surface area contributed by atoms with Gasteiger partial charge in [0.2, 0.25) is 5.91 Å². The second-order valence-corrected chi connectivity index (χ2v) is 3.29. The van der Waals surface area contributed by atoms with E-state index < -0.39 is 17.5 Å². The number of ether oxygens (including phenoxy) is 1. The Kier molecular flexibility index (Phi) is 5.51. The Balaban J connectivity index is 2.37. The highest BCUT2D eigenvalue weighted by atomic mass is 19.2. The molecule has 1 aromatic carbocycles. The van der Waals surface area contributed by atoms with E-state index in [1.165, 1.54) is 13.2 Å². The van der Waals surface area contributed by atoms with Crippen molar-refractivity contribution in [2.45, 2.75) is 6.42 Å². The maximum absolute atomic E-state index is 12.8. The number of methoxy groups -OCH3 is 1. The van der Waals surface area contributed by atoms with Gasteiger partial charge >= 0.3 is 0 Å². The fraction of sp³-hybridized carbons (Fsp3) is 0.364. The van der Waals surface area contributed by atoms with E-state index >= 15 is 0 Å². The van der Waals surface area contributed by atoms with Gasteiger partial charge in [-0.1, -0.05) is 6.07 Å². The van der Waals surface area contributed by atoms with Crippen LogP contribution in [0.1, 0.15) is 5.56 Å². The third-order valence-electron chi connectivity index (χ3n) is 1.92. The molecule has 0 heterocycles. The van der Waals surface area contributed by atoms with Crippen LogP contribution in [0.25, 0.3) is 0 Å². The van der Waals surface area contributed by atoms with Gasteiger partial charge in [0.1, 0.15) is 0 Å². The third-order valence-corrected chi connectivity index (χ3v) is 1.92. The van der Waals surface area contributed by atoms with E-state index in [0.29, 0.717) is 12.2 Å². The molecule has 94 valence electrons. The van der Waals surface area contributed by atoms with Crippen molar-refractivity contribution < 1.29 is 23.1 Å². The number of hydroxylamine groups is 1. The zero-order valence-corrected chi connectivity index (χ0v) is 9.33. The summed E-state index contributed by atoms with van der Waals surface area (Å²) in [4.78, 5) is 16.0. The minimum Gasteiger partial charge on any atom is -0.382 e. The first-order chi connectivity index (χ1) is 8.13. The van der Waals surface area contributed by atoms with E-state index in [1.54, 1.807) is 0 Å². The Morgan fingerprint density at radius 2 is 2.06 bits per heavy atom. The lowest BCUT2D eigenvalue weighted by atomic mass is 10.1. The quantitative estimate of drug-likeness (QED) is 0.605. The van der Waals surface area contributed by atoms with Crippen molar-refractivity contribution in [1.29, 1.82) is 0 Å². The van der Waals surface area contributed by atoms with E-state index in [0.717, 1.165) is 12.1 Å². The number of carbonyl (C=O) groups is 1. The molecule has 0 spiro atoms. The van der Waals surface area contributed by atoms with Crippen LogP contribution in [0, 0.1) is 11.6 Å². The molecule has 0 atom stereocenters. The fourth-order valence-electron chi connectivity index (χ4n) is 1.13. The standard InChI is InChI=1S/C11H13F2NO3/c1-16-4-5-17-14-11(15)7-8-2-3-9(12)10(13)6-8/h2-3,6H,4-5,7H2,1H3,(H,14,15). The molecule has 0 aromatic heterocycles. The third kappa shape index (κ3) is 4.88. The number of nitrogens with one attached hydrogen (secondary N) is 1. The zero-order valence-electron chi connectivity index (χ0n) is 9.33. The number of carbonyl (C=O) groups excluding carboxylic acids is 1. The summed E-state index contributed by atoms with van der Waals surface area (Å²) < 4.78 is 30.1. The maximum Gasteiger partial charge on any atom is 0.247 e. The number of halogens is 2. The van der Waals surface area contributed by atoms with E-state index in [1.807, 2.05) is 0 Å². The average Bonchev–Trinajstić information content (AvgIpc) is 2.30. The van der Waals surface area contributed by atoms with Gasteiger partial charge in [-0.3, -0.25) is 9.63 Å². The number of benzene rings is 1. The van der Waals surface area contributed by atoms with Gasteiger partial charge in [0.15, 0.2) is 11.6 Å². The Labute approximate surface area is 97.5 Å². The molecule has 0 aliphatic carbocycles. The minimum absolute atomic E-state index is 0.0792. The molecule has 1 amide bonds. The summed E-state index contributed by atoms with van der Waals surface area (Å²) in [6.07, 6.45) is -0.0792. The van der Waals surface area contributed by atoms with Crippen LogP contribution in [-0.2, 0) is 20.8 Å². The van der Waals surface area contributed by atoms with Crippen molar-refractivity contribution in [3.05, 3.63) is 35.4 Å². The first kappa shape index (κ1) is 13.5. The fourth-order valence-corrected chi connectivity index (χ4v) is 1.13. The van der Waals surface area contributed by atoms with Crippen molar-refractivity contribution >= 4 is 5.91 Å². The van der Waals surface area contributed by atoms with Crippen LogP contribution in [0.2, 0.25) is 0 Å². The Morgan fingerprint density at radius 1 is 1.29 bits per heavy atom. The zero-order chi connectivity index (χ0) is 12.7. The first-order valence-corrected chi connectivity index (χ1v) is 4.97. The van der Waals surface area contributed by atoms with Gasteiger partial charge in [-0.2, -0.15) is 0 Å². The monoisotopic (exact) mass is 245 g/mol. The highest BCUT2D eigenvalue weighted by Crippen LogP contribution is 2.08. The molecule has 0 unspecified atom stereocenters. The molecule has 0 radical (unpaired) electrons. The molecule has 17 heavy (non-hydrogen) atoms. The smallest absolute Gasteiger partial charge is 0.247 e. The molecule has 4 nitrogen and oxygen atoms in total. The molecule has 0 saturated heterocycles. The summed E-state index contributed by atoms with van der Waals surface area (Å²) in [6, 6.07) is 3.29. The van der Waals surface area contributed by atoms with Crippen molar-refractivity contribution in [2.24, 2.45) is 0 Å². The van der Waals surface area contributed by atoms with Crippen LogP contribution in [0.15, 0.2) is 18.2 Å². The Morgan fingerprint density at radius 3 is 2.71 bits per heavy atom. The summed E-state index contributed by atoms with van der Waals surface area (Å²) in [7, 11) is 1.51. The highest BCUT2D eigenvalue weighted by Gasteiger charge is 2.07. The van der Waals surface area contributed by atoms with Crippen molar-refractivity contribution in [2.75, 3.05) is 20.3 Å². The van der Waals surface area contributed by atoms with Gasteiger partial charge in [-0.25, -0.2) is 14.3 Å². The molecule has 0 fully saturated rings. The summed E-state index contributed by atoms with van der Waals surface area (Å²) in [6.45, 7) is 0.575. The lowest BCUT2D eigenvalue weighted by molar-refractivity contribution is -0.133. The topological polar surface area (TPSA) is 47.6 Å². The van der Waals surface area contributed by atoms with Crippen LogP contribution in [0.3, 0.4) is 0 Å². The lowest BCUT2D eigenvalue weighted by Gasteiger charge is -2.05. The maximum atomic E-state index is 12.8. The second kappa shape index (κ2) is 6.93. The van der Waals surface area contributed by atoms with Crippen LogP contribution in [0.5, 0.6) is 0 Å². The number of rotatable bonds is 6. The predicted molar refractivity (Wildman–Crippen MR) is 56.0 cm³/mol. The van der Waals surface area contributed by atoms with Gasteiger partial charge < -0.3 is 4.74 Å². The lowest BCUT2D eigenvalue weighted by Crippen LogP contribution is -2.26. The van der Waals surface area contributed by atoms with Crippen LogP contribution in [-0.4, -0.2) is 26.2 Å². The molecular formula is C11H13F2NO3. The number of hydrogen-bond acceptors (Lipinski definition) is 3. The normalized spacial score (nSPS) is 10.3. The van der Waals surface area contributed by atoms with Crippen molar-refractivity contribution in [3.63, 3.8) is 0 Å². The van der Waals surface area contributed by atoms with Gasteiger partial charge in [-0.15, -0.1) is 0 Å². The molecule has 0 aliphatic rings. The SMILES string of the molecule is COCCONC(=O)Cc1ccc(F)c(F)c1. The van der Waals surface area contributed by atoms with Gasteiger partial charge in [0, 0.05) is 7.11 Å². The molecule has 0 aliphatic heterocycles. The molecule has 0 bridgehead atoms. The van der Waals surface area contributed by atoms with Gasteiger partial charge in [-0.05, 0) is 17.7 Å². The van der Waals surface area contributed by atoms with E-state index in [4.69, 9.17) is 9.57 Å². The predicted octanol–water partition coefficient (Wildman–Crippen LogP) is 1.20. The van der Waals surface area contributed by atoms with E-state index in [2.05, 4.69) is 5.48 Å². The summed E-state index contributed by atoms with van der Waals surface area (Å²) in [5, 5.41) is 0. The van der Waals surface area contributed by atoms with Crippen molar-refractivity contribution in [3.8, 4) is 0 Å². The van der Waals surface area contributed by atoms with Gasteiger partial charge in [0.05, 0.1) is 19.6 Å². The second-order valence-electron chi connectivity index (χ2n) is 3.29. The van der Waals surface area contributed by atoms with E-state index in [-0.39, 0.29) is 13.0 Å². The molecular weight excluding hydrogens is 232 g/mol. The molecule has 6 heteroatoms. The number of amides is 1. The first-order valence-electron chi connectivity index (χ1n) is 4.97. The Bertz CT molecular complexity index is 385. The number of hydrogen-bond donors (Lipinski definition) is 1. The summed E-state index contributed by atoms with van der Waals surface area (Å²) >= 11 is 0. The average molecular weight is 245 g/mol. The van der Waals surface area contributed by atoms with Crippen LogP contribution < -0.4 is 5.48 Å². The molecule has 1 aromatic rings. The molecule has 0 saturated carbocycles. The van der Waals surface area contributed by atoms with Gasteiger partial charge in [0.25, 0.3) is 0 Å². The Hall–Kier alpha value is -1.53. The summed E-state index contributed by atoms with van der Waals surface area (Å²) in [5.74, 6) is -2.35.